The van der Waals surface area contributed by atoms with Gasteiger partial charge in [0.05, 0.1) is 13.5 Å². The molecule has 0 heterocycles. The minimum atomic E-state index is -0.656. The first-order chi connectivity index (χ1) is 14.2. The van der Waals surface area contributed by atoms with E-state index in [1.165, 1.54) is 0 Å². The van der Waals surface area contributed by atoms with Crippen molar-refractivity contribution in [3.63, 3.8) is 0 Å². The van der Waals surface area contributed by atoms with Gasteiger partial charge in [0.2, 0.25) is 11.8 Å². The van der Waals surface area contributed by atoms with Gasteiger partial charge in [-0.1, -0.05) is 48.3 Å². The van der Waals surface area contributed by atoms with E-state index in [1.54, 1.807) is 37.1 Å². The number of methoxy groups -OCH3 is 1. The molecule has 0 radical (unpaired) electrons. The molecule has 2 aromatic rings. The second-order valence-electron chi connectivity index (χ2n) is 7.28. The van der Waals surface area contributed by atoms with Gasteiger partial charge in [0.25, 0.3) is 0 Å². The van der Waals surface area contributed by atoms with Gasteiger partial charge in [-0.3, -0.25) is 9.59 Å². The van der Waals surface area contributed by atoms with Crippen molar-refractivity contribution in [1.82, 2.24) is 10.2 Å². The highest BCUT2D eigenvalue weighted by Crippen LogP contribution is 2.24. The highest BCUT2D eigenvalue weighted by molar-refractivity contribution is 6.35. The van der Waals surface area contributed by atoms with Gasteiger partial charge in [-0.15, -0.1) is 0 Å². The summed E-state index contributed by atoms with van der Waals surface area (Å²) in [5.41, 5.74) is 1.56. The molecule has 2 amide bonds. The summed E-state index contributed by atoms with van der Waals surface area (Å²) in [4.78, 5) is 27.5. The molecular weight excluding hydrogens is 423 g/mol. The van der Waals surface area contributed by atoms with Gasteiger partial charge >= 0.3 is 0 Å². The predicted octanol–water partition coefficient (Wildman–Crippen LogP) is 4.88. The van der Waals surface area contributed by atoms with Crippen LogP contribution in [0.4, 0.5) is 0 Å². The molecule has 0 aliphatic carbocycles. The van der Waals surface area contributed by atoms with Crippen LogP contribution < -0.4 is 10.1 Å². The molecule has 0 saturated heterocycles. The van der Waals surface area contributed by atoms with E-state index in [4.69, 9.17) is 27.9 Å². The fourth-order valence-corrected chi connectivity index (χ4v) is 3.37. The number of carbonyl (C=O) groups excluding carboxylic acids is 2. The van der Waals surface area contributed by atoms with E-state index in [0.29, 0.717) is 10.0 Å². The molecule has 2 rings (SSSR count). The molecule has 0 aliphatic rings. The van der Waals surface area contributed by atoms with E-state index in [2.05, 4.69) is 5.32 Å². The summed E-state index contributed by atoms with van der Waals surface area (Å²) in [5.74, 6) is 0.354. The zero-order chi connectivity index (χ0) is 22.3. The number of halogens is 2. The molecule has 30 heavy (non-hydrogen) atoms. The van der Waals surface area contributed by atoms with Crippen molar-refractivity contribution >= 4 is 35.0 Å². The summed E-state index contributed by atoms with van der Waals surface area (Å²) in [6, 6.07) is 11.8. The van der Waals surface area contributed by atoms with Crippen molar-refractivity contribution in [3.05, 3.63) is 63.6 Å². The second kappa shape index (κ2) is 11.2. The molecule has 2 aromatic carbocycles. The van der Waals surface area contributed by atoms with Crippen molar-refractivity contribution in [2.24, 2.45) is 0 Å². The van der Waals surface area contributed by atoms with E-state index in [9.17, 15) is 9.59 Å². The fraction of sp³-hybridized carbons (Fsp3) is 0.391. The molecule has 2 atom stereocenters. The van der Waals surface area contributed by atoms with E-state index < -0.39 is 6.04 Å². The fourth-order valence-electron chi connectivity index (χ4n) is 2.90. The lowest BCUT2D eigenvalue weighted by molar-refractivity contribution is -0.140. The van der Waals surface area contributed by atoms with Crippen molar-refractivity contribution < 1.29 is 14.3 Å². The molecule has 0 saturated carbocycles. The smallest absolute Gasteiger partial charge is 0.242 e. The number of ether oxygens (including phenoxy) is 1. The van der Waals surface area contributed by atoms with E-state index >= 15 is 0 Å². The summed E-state index contributed by atoms with van der Waals surface area (Å²) < 4.78 is 5.17. The maximum atomic E-state index is 13.2. The Kier molecular flexibility index (Phi) is 9.00. The Hall–Kier alpha value is -2.24. The first kappa shape index (κ1) is 24.0. The molecule has 0 aromatic heterocycles. The SMILES string of the molecule is CC[C@@H](C)NC(=O)[C@@H](C)N(Cc1ccc(Cl)cc1Cl)C(=O)Cc1ccc(OC)cc1. The number of benzene rings is 2. The van der Waals surface area contributed by atoms with Crippen LogP contribution in [0.3, 0.4) is 0 Å². The number of hydrogen-bond acceptors (Lipinski definition) is 3. The van der Waals surface area contributed by atoms with Crippen LogP contribution in [0.15, 0.2) is 42.5 Å². The van der Waals surface area contributed by atoms with Crippen molar-refractivity contribution in [3.8, 4) is 5.75 Å². The summed E-state index contributed by atoms with van der Waals surface area (Å²) >= 11 is 12.3. The maximum Gasteiger partial charge on any atom is 0.242 e. The molecule has 5 nitrogen and oxygen atoms in total. The van der Waals surface area contributed by atoms with Crippen molar-refractivity contribution in [1.29, 1.82) is 0 Å². The quantitative estimate of drug-likeness (QED) is 0.592. The zero-order valence-electron chi connectivity index (χ0n) is 17.7. The van der Waals surface area contributed by atoms with Gasteiger partial charge < -0.3 is 15.0 Å². The summed E-state index contributed by atoms with van der Waals surface area (Å²) in [7, 11) is 1.59. The Labute approximate surface area is 188 Å². The van der Waals surface area contributed by atoms with Crippen LogP contribution in [0, 0.1) is 0 Å². The number of amides is 2. The second-order valence-corrected chi connectivity index (χ2v) is 8.12. The van der Waals surface area contributed by atoms with Crippen molar-refractivity contribution in [2.45, 2.75) is 52.2 Å². The van der Waals surface area contributed by atoms with Gasteiger partial charge in [-0.2, -0.15) is 0 Å². The monoisotopic (exact) mass is 450 g/mol. The molecule has 162 valence electrons. The molecule has 1 N–H and O–H groups in total. The minimum Gasteiger partial charge on any atom is -0.497 e. The van der Waals surface area contributed by atoms with Crippen LogP contribution in [0.1, 0.15) is 38.3 Å². The number of hydrogen-bond donors (Lipinski definition) is 1. The number of rotatable bonds is 9. The Morgan fingerprint density at radius 1 is 1.10 bits per heavy atom. The van der Waals surface area contributed by atoms with Crippen LogP contribution in [-0.2, 0) is 22.6 Å². The lowest BCUT2D eigenvalue weighted by Gasteiger charge is -2.30. The molecule has 0 unspecified atom stereocenters. The van der Waals surface area contributed by atoms with Gasteiger partial charge in [-0.25, -0.2) is 0 Å². The highest BCUT2D eigenvalue weighted by Gasteiger charge is 2.27. The molecule has 0 aliphatic heterocycles. The maximum absolute atomic E-state index is 13.2. The summed E-state index contributed by atoms with van der Waals surface area (Å²) in [6.45, 7) is 5.87. The predicted molar refractivity (Wildman–Crippen MR) is 121 cm³/mol. The van der Waals surface area contributed by atoms with Crippen LogP contribution >= 0.6 is 23.2 Å². The molecular formula is C23H28Cl2N2O3. The lowest BCUT2D eigenvalue weighted by atomic mass is 10.1. The van der Waals surface area contributed by atoms with Crippen LogP contribution in [-0.4, -0.2) is 35.9 Å². The third-order valence-electron chi connectivity index (χ3n) is 5.04. The van der Waals surface area contributed by atoms with E-state index in [0.717, 1.165) is 23.3 Å². The largest absolute Gasteiger partial charge is 0.497 e. The zero-order valence-corrected chi connectivity index (χ0v) is 19.3. The van der Waals surface area contributed by atoms with Crippen molar-refractivity contribution in [2.75, 3.05) is 7.11 Å². The van der Waals surface area contributed by atoms with E-state index in [1.807, 2.05) is 38.1 Å². The van der Waals surface area contributed by atoms with Gasteiger partial charge in [-0.05, 0) is 55.7 Å². The standard InChI is InChI=1S/C23H28Cl2N2O3/c1-5-15(2)26-23(29)16(3)27(14-18-8-9-19(24)13-21(18)25)22(28)12-17-6-10-20(30-4)11-7-17/h6-11,13,15-16H,5,12,14H2,1-4H3,(H,26,29)/t15-,16-/m1/s1. The average molecular weight is 451 g/mol. The first-order valence-electron chi connectivity index (χ1n) is 9.91. The third kappa shape index (κ3) is 6.64. The summed E-state index contributed by atoms with van der Waals surface area (Å²) in [5, 5.41) is 3.92. The normalized spacial score (nSPS) is 12.7. The topological polar surface area (TPSA) is 58.6 Å². The van der Waals surface area contributed by atoms with Gasteiger partial charge in [0, 0.05) is 22.6 Å². The first-order valence-corrected chi connectivity index (χ1v) is 10.7. The number of nitrogens with one attached hydrogen (secondary N) is 1. The highest BCUT2D eigenvalue weighted by atomic mass is 35.5. The minimum absolute atomic E-state index is 0.0256. The molecule has 7 heteroatoms. The Balaban J connectivity index is 2.25. The Morgan fingerprint density at radius 2 is 1.77 bits per heavy atom. The van der Waals surface area contributed by atoms with Crippen LogP contribution in [0.25, 0.3) is 0 Å². The van der Waals surface area contributed by atoms with Crippen LogP contribution in [0.5, 0.6) is 5.75 Å². The van der Waals surface area contributed by atoms with Crippen LogP contribution in [0.2, 0.25) is 10.0 Å². The third-order valence-corrected chi connectivity index (χ3v) is 5.63. The lowest BCUT2D eigenvalue weighted by Crippen LogP contribution is -2.49. The molecule has 0 bridgehead atoms. The Bertz CT molecular complexity index is 871. The molecule has 0 spiro atoms. The number of nitrogens with zero attached hydrogens (tertiary/aromatic N) is 1. The number of carbonyl (C=O) groups is 2. The summed E-state index contributed by atoms with van der Waals surface area (Å²) in [6.07, 6.45) is 0.970. The van der Waals surface area contributed by atoms with E-state index in [-0.39, 0.29) is 30.8 Å². The molecule has 0 fully saturated rings. The van der Waals surface area contributed by atoms with Gasteiger partial charge in [0.1, 0.15) is 11.8 Å². The Morgan fingerprint density at radius 3 is 2.33 bits per heavy atom. The van der Waals surface area contributed by atoms with Gasteiger partial charge in [0.15, 0.2) is 0 Å². The average Bonchev–Trinajstić information content (AvgIpc) is 2.73.